The zero-order valence-corrected chi connectivity index (χ0v) is 16.8. The molecule has 0 aliphatic heterocycles. The first-order chi connectivity index (χ1) is 12.8. The Balaban J connectivity index is 1.90. The average molecular weight is 410 g/mol. The van der Waals surface area contributed by atoms with Gasteiger partial charge >= 0.3 is 5.97 Å². The van der Waals surface area contributed by atoms with E-state index in [1.165, 1.54) is 24.8 Å². The summed E-state index contributed by atoms with van der Waals surface area (Å²) in [7, 11) is 1.66. The monoisotopic (exact) mass is 409 g/mol. The molecule has 2 aromatic carbocycles. The van der Waals surface area contributed by atoms with E-state index in [1.54, 1.807) is 19.2 Å². The lowest BCUT2D eigenvalue weighted by Crippen LogP contribution is -2.39. The fourth-order valence-corrected chi connectivity index (χ4v) is 2.83. The third-order valence-electron chi connectivity index (χ3n) is 3.81. The summed E-state index contributed by atoms with van der Waals surface area (Å²) in [6.07, 6.45) is -1.86. The number of ether oxygens (including phenoxy) is 2. The number of nitrogens with zero attached hydrogens (tertiary/aromatic N) is 1. The first-order valence-corrected chi connectivity index (χ1v) is 9.14. The standard InChI is InChI=1S/C20H21Cl2NO4/c1-13(19(24)23(3)12-15-7-5-4-6-8-15)27-20(25)14(2)26-18-10-9-16(21)11-17(18)22/h4-11,13-14H,12H2,1-3H3/t13-,14+/m0/s1. The van der Waals surface area contributed by atoms with Gasteiger partial charge < -0.3 is 14.4 Å². The van der Waals surface area contributed by atoms with Crippen molar-refractivity contribution in [2.75, 3.05) is 7.05 Å². The molecule has 0 bridgehead atoms. The molecule has 1 amide bonds. The molecule has 0 aliphatic rings. The van der Waals surface area contributed by atoms with Crippen molar-refractivity contribution < 1.29 is 19.1 Å². The Bertz CT molecular complexity index is 798. The molecule has 7 heteroatoms. The number of carbonyl (C=O) groups is 2. The summed E-state index contributed by atoms with van der Waals surface area (Å²) in [5.41, 5.74) is 0.987. The molecular weight excluding hydrogens is 389 g/mol. The minimum Gasteiger partial charge on any atom is -0.477 e. The summed E-state index contributed by atoms with van der Waals surface area (Å²) < 4.78 is 10.8. The third-order valence-corrected chi connectivity index (χ3v) is 4.34. The highest BCUT2D eigenvalue weighted by atomic mass is 35.5. The maximum absolute atomic E-state index is 12.4. The Labute approximate surface area is 168 Å². The molecule has 0 aromatic heterocycles. The van der Waals surface area contributed by atoms with Crippen LogP contribution in [0.25, 0.3) is 0 Å². The van der Waals surface area contributed by atoms with Crippen molar-refractivity contribution in [1.82, 2.24) is 4.90 Å². The lowest BCUT2D eigenvalue weighted by molar-refractivity contribution is -0.164. The second-order valence-corrected chi connectivity index (χ2v) is 6.94. The lowest BCUT2D eigenvalue weighted by Gasteiger charge is -2.23. The van der Waals surface area contributed by atoms with E-state index in [-0.39, 0.29) is 10.9 Å². The number of amides is 1. The van der Waals surface area contributed by atoms with E-state index in [2.05, 4.69) is 0 Å². The molecule has 5 nitrogen and oxygen atoms in total. The highest BCUT2D eigenvalue weighted by Gasteiger charge is 2.25. The maximum atomic E-state index is 12.4. The van der Waals surface area contributed by atoms with Gasteiger partial charge in [-0.3, -0.25) is 4.79 Å². The van der Waals surface area contributed by atoms with E-state index in [0.29, 0.717) is 17.3 Å². The predicted molar refractivity (Wildman–Crippen MR) is 105 cm³/mol. The van der Waals surface area contributed by atoms with E-state index >= 15 is 0 Å². The number of benzene rings is 2. The minimum absolute atomic E-state index is 0.286. The van der Waals surface area contributed by atoms with Crippen LogP contribution in [0.15, 0.2) is 48.5 Å². The average Bonchev–Trinajstić information content (AvgIpc) is 2.63. The van der Waals surface area contributed by atoms with Crippen LogP contribution in [0.1, 0.15) is 19.4 Å². The molecule has 2 aromatic rings. The van der Waals surface area contributed by atoms with Crippen LogP contribution in [0.3, 0.4) is 0 Å². The van der Waals surface area contributed by atoms with E-state index in [0.717, 1.165) is 5.56 Å². The molecule has 0 unspecified atom stereocenters. The van der Waals surface area contributed by atoms with Crippen LogP contribution in [-0.2, 0) is 20.9 Å². The molecule has 2 atom stereocenters. The zero-order valence-electron chi connectivity index (χ0n) is 15.3. The Morgan fingerprint density at radius 1 is 1.04 bits per heavy atom. The molecule has 0 heterocycles. The summed E-state index contributed by atoms with van der Waals surface area (Å²) >= 11 is 11.9. The molecule has 0 fully saturated rings. The van der Waals surface area contributed by atoms with Crippen molar-refractivity contribution in [3.05, 3.63) is 64.1 Å². The largest absolute Gasteiger partial charge is 0.477 e. The maximum Gasteiger partial charge on any atom is 0.347 e. The molecule has 2 rings (SSSR count). The smallest absolute Gasteiger partial charge is 0.347 e. The number of rotatable bonds is 7. The minimum atomic E-state index is -0.932. The Hall–Kier alpha value is -2.24. The first kappa shape index (κ1) is 21.1. The van der Waals surface area contributed by atoms with Crippen LogP contribution in [-0.4, -0.2) is 36.0 Å². The number of esters is 1. The molecule has 0 aliphatic carbocycles. The highest BCUT2D eigenvalue weighted by Crippen LogP contribution is 2.28. The number of likely N-dealkylation sites (N-methyl/N-ethyl adjacent to an activating group) is 1. The van der Waals surface area contributed by atoms with Gasteiger partial charge in [-0.25, -0.2) is 4.79 Å². The van der Waals surface area contributed by atoms with E-state index in [4.69, 9.17) is 32.7 Å². The van der Waals surface area contributed by atoms with Crippen LogP contribution in [0.5, 0.6) is 5.75 Å². The number of hydrogen-bond donors (Lipinski definition) is 0. The van der Waals surface area contributed by atoms with Crippen LogP contribution in [0.2, 0.25) is 10.0 Å². The van der Waals surface area contributed by atoms with Crippen molar-refractivity contribution in [2.45, 2.75) is 32.6 Å². The van der Waals surface area contributed by atoms with Crippen molar-refractivity contribution in [3.63, 3.8) is 0 Å². The van der Waals surface area contributed by atoms with Gasteiger partial charge in [-0.05, 0) is 37.6 Å². The van der Waals surface area contributed by atoms with Crippen LogP contribution in [0, 0.1) is 0 Å². The molecule has 144 valence electrons. The van der Waals surface area contributed by atoms with Gasteiger partial charge in [0.05, 0.1) is 5.02 Å². The van der Waals surface area contributed by atoms with Gasteiger partial charge in [0.15, 0.2) is 12.2 Å². The molecule has 0 N–H and O–H groups in total. The summed E-state index contributed by atoms with van der Waals surface area (Å²) in [4.78, 5) is 26.2. The molecule has 0 spiro atoms. The van der Waals surface area contributed by atoms with Crippen molar-refractivity contribution in [2.24, 2.45) is 0 Å². The second-order valence-electron chi connectivity index (χ2n) is 6.09. The normalized spacial score (nSPS) is 12.8. The Morgan fingerprint density at radius 2 is 1.70 bits per heavy atom. The molecule has 0 saturated heterocycles. The van der Waals surface area contributed by atoms with Crippen LogP contribution >= 0.6 is 23.2 Å². The van der Waals surface area contributed by atoms with Gasteiger partial charge in [0.1, 0.15) is 5.75 Å². The van der Waals surface area contributed by atoms with Gasteiger partial charge in [0, 0.05) is 18.6 Å². The van der Waals surface area contributed by atoms with Gasteiger partial charge in [0.25, 0.3) is 5.91 Å². The summed E-state index contributed by atoms with van der Waals surface area (Å²) in [5, 5.41) is 0.747. The first-order valence-electron chi connectivity index (χ1n) is 8.39. The van der Waals surface area contributed by atoms with Crippen LogP contribution in [0.4, 0.5) is 0 Å². The van der Waals surface area contributed by atoms with E-state index in [1.807, 2.05) is 30.3 Å². The van der Waals surface area contributed by atoms with Crippen molar-refractivity contribution in [1.29, 1.82) is 0 Å². The molecule has 0 radical (unpaired) electrons. The quantitative estimate of drug-likeness (QED) is 0.637. The van der Waals surface area contributed by atoms with Gasteiger partial charge in [-0.2, -0.15) is 0 Å². The topological polar surface area (TPSA) is 55.8 Å². The zero-order chi connectivity index (χ0) is 20.0. The third kappa shape index (κ3) is 6.15. The highest BCUT2D eigenvalue weighted by molar-refractivity contribution is 6.35. The fourth-order valence-electron chi connectivity index (χ4n) is 2.38. The lowest BCUT2D eigenvalue weighted by atomic mass is 10.2. The SMILES string of the molecule is C[C@H](OC(=O)[C@@H](C)Oc1ccc(Cl)cc1Cl)C(=O)N(C)Cc1ccccc1. The number of hydrogen-bond acceptors (Lipinski definition) is 4. The second kappa shape index (κ2) is 9.62. The van der Waals surface area contributed by atoms with Crippen LogP contribution < -0.4 is 4.74 Å². The van der Waals surface area contributed by atoms with E-state index in [9.17, 15) is 9.59 Å². The molecular formula is C20H21Cl2NO4. The van der Waals surface area contributed by atoms with Crippen molar-refractivity contribution in [3.8, 4) is 5.75 Å². The number of carbonyl (C=O) groups excluding carboxylic acids is 2. The van der Waals surface area contributed by atoms with Gasteiger partial charge in [-0.1, -0.05) is 53.5 Å². The Kier molecular flexibility index (Phi) is 7.51. The predicted octanol–water partition coefficient (Wildman–Crippen LogP) is 4.35. The van der Waals surface area contributed by atoms with Gasteiger partial charge in [-0.15, -0.1) is 0 Å². The van der Waals surface area contributed by atoms with Crippen molar-refractivity contribution >= 4 is 35.1 Å². The Morgan fingerprint density at radius 3 is 2.33 bits per heavy atom. The summed E-state index contributed by atoms with van der Waals surface area (Å²) in [6, 6.07) is 14.2. The fraction of sp³-hybridized carbons (Fsp3) is 0.300. The van der Waals surface area contributed by atoms with E-state index < -0.39 is 18.2 Å². The number of halogens is 2. The molecule has 0 saturated carbocycles. The molecule has 27 heavy (non-hydrogen) atoms. The van der Waals surface area contributed by atoms with Gasteiger partial charge in [0.2, 0.25) is 0 Å². The summed E-state index contributed by atoms with van der Waals surface area (Å²) in [6.45, 7) is 3.48. The summed E-state index contributed by atoms with van der Waals surface area (Å²) in [5.74, 6) is -0.649.